The number of benzene rings is 2. The lowest BCUT2D eigenvalue weighted by atomic mass is 10.1. The summed E-state index contributed by atoms with van der Waals surface area (Å²) >= 11 is 0. The molecule has 2 aromatic rings. The first-order valence-electron chi connectivity index (χ1n) is 8.32. The largest absolute Gasteiger partial charge is 0.484 e. The number of hydrogen-bond donors (Lipinski definition) is 0. The number of ether oxygens (including phenoxy) is 2. The number of carbonyl (C=O) groups is 1. The predicted molar refractivity (Wildman–Crippen MR) is 94.0 cm³/mol. The first-order valence-corrected chi connectivity index (χ1v) is 8.32. The van der Waals surface area contributed by atoms with Crippen LogP contribution in [0.4, 0.5) is 0 Å². The van der Waals surface area contributed by atoms with Gasteiger partial charge in [0, 0.05) is 0 Å². The molecule has 0 radical (unpaired) electrons. The van der Waals surface area contributed by atoms with Crippen molar-refractivity contribution in [1.82, 2.24) is 4.90 Å². The summed E-state index contributed by atoms with van der Waals surface area (Å²) in [7, 11) is 0. The van der Waals surface area contributed by atoms with Gasteiger partial charge in [-0.3, -0.25) is 4.79 Å². The molecule has 4 nitrogen and oxygen atoms in total. The van der Waals surface area contributed by atoms with E-state index in [0.29, 0.717) is 19.0 Å². The Morgan fingerprint density at radius 1 is 1.00 bits per heavy atom. The van der Waals surface area contributed by atoms with Crippen molar-refractivity contribution in [3.63, 3.8) is 0 Å². The smallest absolute Gasteiger partial charge is 0.261 e. The molecule has 0 spiro atoms. The van der Waals surface area contributed by atoms with E-state index in [0.717, 1.165) is 11.1 Å². The fraction of sp³-hybridized carbons (Fsp3) is 0.350. The number of amides is 1. The minimum absolute atomic E-state index is 0.00503. The Hall–Kier alpha value is -2.33. The van der Waals surface area contributed by atoms with Gasteiger partial charge in [0.15, 0.2) is 6.61 Å². The molecule has 2 aromatic carbocycles. The lowest BCUT2D eigenvalue weighted by Gasteiger charge is -2.38. The van der Waals surface area contributed by atoms with Gasteiger partial charge in [-0.25, -0.2) is 0 Å². The molecule has 1 amide bonds. The van der Waals surface area contributed by atoms with Crippen molar-refractivity contribution in [3.8, 4) is 16.9 Å². The second-order valence-corrected chi connectivity index (χ2v) is 6.22. The van der Waals surface area contributed by atoms with Crippen molar-refractivity contribution in [2.24, 2.45) is 0 Å². The summed E-state index contributed by atoms with van der Waals surface area (Å²) in [6.07, 6.45) is 0. The van der Waals surface area contributed by atoms with Gasteiger partial charge in [-0.1, -0.05) is 42.5 Å². The van der Waals surface area contributed by atoms with Crippen LogP contribution in [0, 0.1) is 0 Å². The molecule has 1 aliphatic heterocycles. The summed E-state index contributed by atoms with van der Waals surface area (Å²) in [6, 6.07) is 18.2. The maximum atomic E-state index is 12.4. The van der Waals surface area contributed by atoms with Gasteiger partial charge >= 0.3 is 0 Å². The third kappa shape index (κ3) is 3.77. The maximum absolute atomic E-state index is 12.4. The quantitative estimate of drug-likeness (QED) is 0.865. The summed E-state index contributed by atoms with van der Waals surface area (Å²) < 4.78 is 11.1. The van der Waals surface area contributed by atoms with Gasteiger partial charge in [0.05, 0.1) is 25.3 Å². The van der Waals surface area contributed by atoms with Crippen LogP contribution >= 0.6 is 0 Å². The summed E-state index contributed by atoms with van der Waals surface area (Å²) in [5, 5.41) is 0. The highest BCUT2D eigenvalue weighted by atomic mass is 16.5. The van der Waals surface area contributed by atoms with E-state index in [-0.39, 0.29) is 24.6 Å². The van der Waals surface area contributed by atoms with Crippen LogP contribution in [-0.2, 0) is 9.53 Å². The van der Waals surface area contributed by atoms with Crippen LogP contribution in [0.2, 0.25) is 0 Å². The third-order valence-electron chi connectivity index (χ3n) is 4.28. The number of nitrogens with zero attached hydrogens (tertiary/aromatic N) is 1. The summed E-state index contributed by atoms with van der Waals surface area (Å²) in [6.45, 7) is 5.23. The van der Waals surface area contributed by atoms with Crippen LogP contribution in [0.1, 0.15) is 13.8 Å². The van der Waals surface area contributed by atoms with Crippen LogP contribution in [0.15, 0.2) is 54.6 Å². The highest BCUT2D eigenvalue weighted by Gasteiger charge is 2.29. The minimum Gasteiger partial charge on any atom is -0.484 e. The van der Waals surface area contributed by atoms with Crippen molar-refractivity contribution >= 4 is 5.91 Å². The van der Waals surface area contributed by atoms with E-state index in [1.807, 2.05) is 61.2 Å². The van der Waals surface area contributed by atoms with Crippen LogP contribution in [0.5, 0.6) is 5.75 Å². The molecule has 126 valence electrons. The average Bonchev–Trinajstić information content (AvgIpc) is 2.61. The highest BCUT2D eigenvalue weighted by molar-refractivity contribution is 5.78. The van der Waals surface area contributed by atoms with Gasteiger partial charge in [0.25, 0.3) is 5.91 Å². The molecule has 1 heterocycles. The third-order valence-corrected chi connectivity index (χ3v) is 4.28. The molecule has 4 heteroatoms. The average molecular weight is 325 g/mol. The van der Waals surface area contributed by atoms with Crippen molar-refractivity contribution in [1.29, 1.82) is 0 Å². The normalized spacial score (nSPS) is 20.7. The zero-order valence-electron chi connectivity index (χ0n) is 14.1. The molecule has 3 rings (SSSR count). The van der Waals surface area contributed by atoms with Crippen molar-refractivity contribution in [2.75, 3.05) is 19.8 Å². The Morgan fingerprint density at radius 3 is 2.21 bits per heavy atom. The molecule has 1 fully saturated rings. The van der Waals surface area contributed by atoms with Gasteiger partial charge in [-0.05, 0) is 37.1 Å². The monoisotopic (exact) mass is 325 g/mol. The van der Waals surface area contributed by atoms with Crippen molar-refractivity contribution < 1.29 is 14.3 Å². The Bertz CT molecular complexity index is 659. The zero-order chi connectivity index (χ0) is 16.9. The van der Waals surface area contributed by atoms with Crippen molar-refractivity contribution in [3.05, 3.63) is 54.6 Å². The fourth-order valence-corrected chi connectivity index (χ4v) is 3.09. The van der Waals surface area contributed by atoms with E-state index in [9.17, 15) is 4.79 Å². The first kappa shape index (κ1) is 16.5. The van der Waals surface area contributed by atoms with E-state index < -0.39 is 0 Å². The van der Waals surface area contributed by atoms with Crippen LogP contribution in [-0.4, -0.2) is 42.7 Å². The summed E-state index contributed by atoms with van der Waals surface area (Å²) in [4.78, 5) is 14.3. The van der Waals surface area contributed by atoms with Crippen LogP contribution < -0.4 is 4.74 Å². The number of morpholine rings is 1. The van der Waals surface area contributed by atoms with Crippen molar-refractivity contribution in [2.45, 2.75) is 25.9 Å². The van der Waals surface area contributed by atoms with E-state index >= 15 is 0 Å². The Balaban J connectivity index is 1.59. The van der Waals surface area contributed by atoms with Crippen LogP contribution in [0.3, 0.4) is 0 Å². The summed E-state index contributed by atoms with van der Waals surface area (Å²) in [5.41, 5.74) is 2.29. The van der Waals surface area contributed by atoms with Gasteiger partial charge < -0.3 is 14.4 Å². The minimum atomic E-state index is 0.00503. The summed E-state index contributed by atoms with van der Waals surface area (Å²) in [5.74, 6) is 0.710. The SMILES string of the molecule is CC1COCC(C)N1C(=O)COc1ccc(-c2ccccc2)cc1. The molecule has 1 saturated heterocycles. The van der Waals surface area contributed by atoms with E-state index in [4.69, 9.17) is 9.47 Å². The Labute approximate surface area is 143 Å². The van der Waals surface area contributed by atoms with Gasteiger partial charge in [0.2, 0.25) is 0 Å². The molecule has 24 heavy (non-hydrogen) atoms. The highest BCUT2D eigenvalue weighted by Crippen LogP contribution is 2.22. The maximum Gasteiger partial charge on any atom is 0.261 e. The molecular weight excluding hydrogens is 302 g/mol. The zero-order valence-corrected chi connectivity index (χ0v) is 14.1. The number of rotatable bonds is 4. The first-order chi connectivity index (χ1) is 11.6. The lowest BCUT2D eigenvalue weighted by molar-refractivity contribution is -0.146. The molecule has 0 aromatic heterocycles. The topological polar surface area (TPSA) is 38.8 Å². The lowest BCUT2D eigenvalue weighted by Crippen LogP contribution is -2.53. The fourth-order valence-electron chi connectivity index (χ4n) is 3.09. The second kappa shape index (κ2) is 7.49. The Kier molecular flexibility index (Phi) is 5.16. The molecular formula is C20H23NO3. The van der Waals surface area contributed by atoms with Gasteiger partial charge in [-0.15, -0.1) is 0 Å². The van der Waals surface area contributed by atoms with Crippen LogP contribution in [0.25, 0.3) is 11.1 Å². The predicted octanol–water partition coefficient (Wildman–Crippen LogP) is 3.37. The van der Waals surface area contributed by atoms with Gasteiger partial charge in [0.1, 0.15) is 5.75 Å². The number of hydrogen-bond acceptors (Lipinski definition) is 3. The molecule has 0 N–H and O–H groups in total. The molecule has 0 aliphatic carbocycles. The standard InChI is InChI=1S/C20H23NO3/c1-15-12-23-13-16(2)21(15)20(22)14-24-19-10-8-18(9-11-19)17-6-4-3-5-7-17/h3-11,15-16H,12-14H2,1-2H3. The Morgan fingerprint density at radius 2 is 1.58 bits per heavy atom. The number of carbonyl (C=O) groups excluding carboxylic acids is 1. The van der Waals surface area contributed by atoms with E-state index in [1.165, 1.54) is 0 Å². The van der Waals surface area contributed by atoms with Gasteiger partial charge in [-0.2, -0.15) is 0 Å². The molecule has 1 aliphatic rings. The van der Waals surface area contributed by atoms with E-state index in [1.54, 1.807) is 0 Å². The molecule has 2 unspecified atom stereocenters. The molecule has 0 saturated carbocycles. The van der Waals surface area contributed by atoms with E-state index in [2.05, 4.69) is 12.1 Å². The second-order valence-electron chi connectivity index (χ2n) is 6.22. The molecule has 2 atom stereocenters. The molecule has 0 bridgehead atoms.